The molecule has 0 saturated heterocycles. The minimum absolute atomic E-state index is 0.00508. The second-order valence-electron chi connectivity index (χ2n) is 6.87. The van der Waals surface area contributed by atoms with Crippen molar-refractivity contribution in [1.82, 2.24) is 0 Å². The van der Waals surface area contributed by atoms with Crippen molar-refractivity contribution in [3.63, 3.8) is 0 Å². The van der Waals surface area contributed by atoms with Crippen molar-refractivity contribution in [1.29, 1.82) is 5.26 Å². The maximum atomic E-state index is 13.9. The number of nitrogens with one attached hydrogen (secondary N) is 1. The van der Waals surface area contributed by atoms with Crippen LogP contribution < -0.4 is 11.1 Å². The van der Waals surface area contributed by atoms with Crippen molar-refractivity contribution < 1.29 is 13.6 Å². The fourth-order valence-corrected chi connectivity index (χ4v) is 4.11. The summed E-state index contributed by atoms with van der Waals surface area (Å²) in [6.07, 6.45) is 0.391. The molecule has 1 aromatic heterocycles. The van der Waals surface area contributed by atoms with Crippen LogP contribution >= 0.6 is 22.9 Å². The van der Waals surface area contributed by atoms with Crippen LogP contribution in [0.25, 0.3) is 10.4 Å². The summed E-state index contributed by atoms with van der Waals surface area (Å²) in [4.78, 5) is 14.1. The van der Waals surface area contributed by atoms with Crippen molar-refractivity contribution in [3.8, 4) is 16.5 Å². The predicted molar refractivity (Wildman–Crippen MR) is 115 cm³/mol. The zero-order valence-corrected chi connectivity index (χ0v) is 17.5. The molecule has 8 heteroatoms. The van der Waals surface area contributed by atoms with E-state index in [-0.39, 0.29) is 22.5 Å². The normalized spacial score (nSPS) is 12.8. The second kappa shape index (κ2) is 9.35. The lowest BCUT2D eigenvalue weighted by molar-refractivity contribution is -0.119. The van der Waals surface area contributed by atoms with Crippen molar-refractivity contribution in [3.05, 3.63) is 75.6 Å². The number of halogens is 3. The van der Waals surface area contributed by atoms with Crippen molar-refractivity contribution in [2.45, 2.75) is 19.4 Å². The van der Waals surface area contributed by atoms with Crippen LogP contribution in [-0.4, -0.2) is 5.91 Å². The summed E-state index contributed by atoms with van der Waals surface area (Å²) in [5.74, 6) is -1.78. The highest BCUT2D eigenvalue weighted by Gasteiger charge is 2.20. The van der Waals surface area contributed by atoms with Gasteiger partial charge in [-0.25, -0.2) is 8.78 Å². The zero-order valence-electron chi connectivity index (χ0n) is 16.0. The van der Waals surface area contributed by atoms with E-state index >= 15 is 0 Å². The third kappa shape index (κ3) is 5.03. The highest BCUT2D eigenvalue weighted by molar-refractivity contribution is 7.15. The molecule has 4 nitrogen and oxygen atoms in total. The number of hydrogen-bond acceptors (Lipinski definition) is 4. The van der Waals surface area contributed by atoms with Gasteiger partial charge in [-0.1, -0.05) is 24.6 Å². The molecule has 2 aromatic carbocycles. The standard InChI is InChI=1S/C22H18ClF2N3OS/c1-12(22(29)28-15-4-5-17(24)16(23)10-15)8-19(27)21-7-6-20(30-21)13-2-3-14(11-26)18(25)9-13/h2-7,9-10,12,19H,8,27H2,1H3,(H,28,29)/t12-,19+/m0/s1. The minimum Gasteiger partial charge on any atom is -0.326 e. The van der Waals surface area contributed by atoms with E-state index in [9.17, 15) is 13.6 Å². The van der Waals surface area contributed by atoms with E-state index in [4.69, 9.17) is 22.6 Å². The Kier molecular flexibility index (Phi) is 6.83. The van der Waals surface area contributed by atoms with E-state index in [1.54, 1.807) is 19.1 Å². The van der Waals surface area contributed by atoms with E-state index in [0.717, 1.165) is 9.75 Å². The topological polar surface area (TPSA) is 78.9 Å². The Labute approximate surface area is 181 Å². The summed E-state index contributed by atoms with van der Waals surface area (Å²) >= 11 is 7.15. The van der Waals surface area contributed by atoms with Crippen LogP contribution in [0.1, 0.15) is 29.8 Å². The number of nitrogens with two attached hydrogens (primary N) is 1. The van der Waals surface area contributed by atoms with E-state index in [2.05, 4.69) is 5.32 Å². The fraction of sp³-hybridized carbons (Fsp3) is 0.182. The number of carbonyl (C=O) groups is 1. The number of thiophene rings is 1. The molecule has 3 N–H and O–H groups in total. The van der Waals surface area contributed by atoms with Crippen molar-refractivity contribution in [2.24, 2.45) is 11.7 Å². The van der Waals surface area contributed by atoms with Crippen LogP contribution in [0.3, 0.4) is 0 Å². The van der Waals surface area contributed by atoms with Gasteiger partial charge in [-0.15, -0.1) is 11.3 Å². The average Bonchev–Trinajstić information content (AvgIpc) is 3.21. The van der Waals surface area contributed by atoms with E-state index in [0.29, 0.717) is 17.7 Å². The summed E-state index contributed by atoms with van der Waals surface area (Å²) in [5, 5.41) is 11.5. The number of carbonyl (C=O) groups excluding carboxylic acids is 1. The Morgan fingerprint density at radius 3 is 2.63 bits per heavy atom. The first-order chi connectivity index (χ1) is 14.3. The number of anilines is 1. The molecule has 1 amide bonds. The first-order valence-electron chi connectivity index (χ1n) is 9.09. The molecule has 3 aromatic rings. The lowest BCUT2D eigenvalue weighted by Gasteiger charge is -2.16. The predicted octanol–water partition coefficient (Wildman–Crippen LogP) is 5.88. The van der Waals surface area contributed by atoms with Gasteiger partial charge in [0.05, 0.1) is 10.6 Å². The van der Waals surface area contributed by atoms with E-state index in [1.807, 2.05) is 12.1 Å². The lowest BCUT2D eigenvalue weighted by atomic mass is 10.0. The Morgan fingerprint density at radius 1 is 1.20 bits per heavy atom. The van der Waals surface area contributed by atoms with Crippen LogP contribution in [0.4, 0.5) is 14.5 Å². The highest BCUT2D eigenvalue weighted by atomic mass is 35.5. The molecular weight excluding hydrogens is 428 g/mol. The quantitative estimate of drug-likeness (QED) is 0.497. The molecule has 30 heavy (non-hydrogen) atoms. The number of amides is 1. The molecule has 0 unspecified atom stereocenters. The van der Waals surface area contributed by atoms with E-state index < -0.39 is 17.6 Å². The molecule has 0 aliphatic carbocycles. The highest BCUT2D eigenvalue weighted by Crippen LogP contribution is 2.33. The summed E-state index contributed by atoms with van der Waals surface area (Å²) in [7, 11) is 0. The smallest absolute Gasteiger partial charge is 0.227 e. The van der Waals surface area contributed by atoms with Gasteiger partial charge in [0.2, 0.25) is 5.91 Å². The lowest BCUT2D eigenvalue weighted by Crippen LogP contribution is -2.24. The first-order valence-corrected chi connectivity index (χ1v) is 10.3. The molecule has 1 heterocycles. The van der Waals surface area contributed by atoms with Gasteiger partial charge in [0.25, 0.3) is 0 Å². The SMILES string of the molecule is C[C@@H](C[C@@H](N)c1ccc(-c2ccc(C#N)c(F)c2)s1)C(=O)Nc1ccc(F)c(Cl)c1. The molecule has 3 rings (SSSR count). The van der Waals surface area contributed by atoms with E-state index in [1.165, 1.54) is 41.7 Å². The number of benzene rings is 2. The minimum atomic E-state index is -0.569. The van der Waals surface area contributed by atoms with Crippen molar-refractivity contribution in [2.75, 3.05) is 5.32 Å². The van der Waals surface area contributed by atoms with Gasteiger partial charge in [-0.3, -0.25) is 4.79 Å². The Morgan fingerprint density at radius 2 is 1.97 bits per heavy atom. The second-order valence-corrected chi connectivity index (χ2v) is 8.39. The maximum Gasteiger partial charge on any atom is 0.227 e. The van der Waals surface area contributed by atoms with Gasteiger partial charge >= 0.3 is 0 Å². The zero-order chi connectivity index (χ0) is 21.8. The van der Waals surface area contributed by atoms with Crippen LogP contribution in [-0.2, 0) is 4.79 Å². The van der Waals surface area contributed by atoms with Crippen molar-refractivity contribution >= 4 is 34.5 Å². The molecule has 0 saturated carbocycles. The molecule has 0 aliphatic rings. The summed E-state index contributed by atoms with van der Waals surface area (Å²) < 4.78 is 27.1. The van der Waals surface area contributed by atoms with Gasteiger partial charge < -0.3 is 11.1 Å². The number of nitriles is 1. The Bertz CT molecular complexity index is 1130. The molecule has 0 aliphatic heterocycles. The van der Waals surface area contributed by atoms with Crippen LogP contribution in [0.15, 0.2) is 48.5 Å². The molecule has 0 spiro atoms. The number of hydrogen-bond donors (Lipinski definition) is 2. The van der Waals surface area contributed by atoms with Gasteiger partial charge in [0, 0.05) is 27.4 Å². The molecule has 0 radical (unpaired) electrons. The Balaban J connectivity index is 1.65. The molecule has 154 valence electrons. The summed E-state index contributed by atoms with van der Waals surface area (Å²) in [6.45, 7) is 1.75. The third-order valence-electron chi connectivity index (χ3n) is 4.61. The third-order valence-corrected chi connectivity index (χ3v) is 6.16. The van der Waals surface area contributed by atoms with Crippen LogP contribution in [0.2, 0.25) is 5.02 Å². The number of rotatable bonds is 6. The number of nitrogens with zero attached hydrogens (tertiary/aromatic N) is 1. The van der Waals surface area contributed by atoms with Gasteiger partial charge in [0.1, 0.15) is 17.7 Å². The van der Waals surface area contributed by atoms with Crippen LogP contribution in [0.5, 0.6) is 0 Å². The molecular formula is C22H18ClF2N3OS. The van der Waals surface area contributed by atoms with Gasteiger partial charge in [-0.05, 0) is 54.4 Å². The largest absolute Gasteiger partial charge is 0.326 e. The average molecular weight is 446 g/mol. The summed E-state index contributed by atoms with van der Waals surface area (Å²) in [6, 6.07) is 13.5. The molecule has 0 fully saturated rings. The van der Waals surface area contributed by atoms with Crippen LogP contribution in [0, 0.1) is 28.9 Å². The monoisotopic (exact) mass is 445 g/mol. The fourth-order valence-electron chi connectivity index (χ4n) is 2.91. The molecule has 2 atom stereocenters. The summed E-state index contributed by atoms with van der Waals surface area (Å²) in [5.41, 5.74) is 7.35. The maximum absolute atomic E-state index is 13.9. The Hall–Kier alpha value is -2.79. The van der Waals surface area contributed by atoms with Gasteiger partial charge in [0.15, 0.2) is 0 Å². The molecule has 0 bridgehead atoms. The first kappa shape index (κ1) is 21.9. The van der Waals surface area contributed by atoms with Gasteiger partial charge in [-0.2, -0.15) is 5.26 Å².